The highest BCUT2D eigenvalue weighted by Gasteiger charge is 2.09. The number of hydrogen-bond acceptors (Lipinski definition) is 2. The van der Waals surface area contributed by atoms with E-state index in [2.05, 4.69) is 49.1 Å². The van der Waals surface area contributed by atoms with E-state index < -0.39 is 0 Å². The van der Waals surface area contributed by atoms with Gasteiger partial charge >= 0.3 is 0 Å². The SMILES string of the molecule is Cc1cccc(C)c1-c1cc(CO)cc(N(C)C)c1. The molecule has 0 aliphatic carbocycles. The van der Waals surface area contributed by atoms with E-state index >= 15 is 0 Å². The first-order valence-corrected chi connectivity index (χ1v) is 6.51. The monoisotopic (exact) mass is 255 g/mol. The molecule has 0 spiro atoms. The van der Waals surface area contributed by atoms with E-state index in [0.29, 0.717) is 0 Å². The largest absolute Gasteiger partial charge is 0.392 e. The minimum absolute atomic E-state index is 0.0691. The molecule has 2 aromatic carbocycles. The van der Waals surface area contributed by atoms with Gasteiger partial charge in [-0.1, -0.05) is 18.2 Å². The van der Waals surface area contributed by atoms with Crippen LogP contribution in [0.2, 0.25) is 0 Å². The van der Waals surface area contributed by atoms with Crippen LogP contribution < -0.4 is 4.90 Å². The summed E-state index contributed by atoms with van der Waals surface area (Å²) in [6.07, 6.45) is 0. The number of benzene rings is 2. The van der Waals surface area contributed by atoms with Crippen molar-refractivity contribution in [1.82, 2.24) is 0 Å². The van der Waals surface area contributed by atoms with E-state index in [0.717, 1.165) is 11.3 Å². The minimum atomic E-state index is 0.0691. The molecule has 2 heteroatoms. The molecule has 2 nitrogen and oxygen atoms in total. The van der Waals surface area contributed by atoms with Crippen molar-refractivity contribution in [3.8, 4) is 11.1 Å². The zero-order valence-electron chi connectivity index (χ0n) is 12.1. The van der Waals surface area contributed by atoms with Gasteiger partial charge in [-0.3, -0.25) is 0 Å². The number of aliphatic hydroxyl groups is 1. The van der Waals surface area contributed by atoms with Crippen molar-refractivity contribution in [1.29, 1.82) is 0 Å². The molecule has 2 aromatic rings. The zero-order valence-corrected chi connectivity index (χ0v) is 12.1. The van der Waals surface area contributed by atoms with E-state index in [1.54, 1.807) is 0 Å². The molecule has 0 bridgehead atoms. The molecule has 0 saturated heterocycles. The van der Waals surface area contributed by atoms with Crippen molar-refractivity contribution in [2.45, 2.75) is 20.5 Å². The van der Waals surface area contributed by atoms with Gasteiger partial charge in [-0.25, -0.2) is 0 Å². The molecule has 0 atom stereocenters. The van der Waals surface area contributed by atoms with Crippen LogP contribution in [-0.4, -0.2) is 19.2 Å². The topological polar surface area (TPSA) is 23.5 Å². The fourth-order valence-electron chi connectivity index (χ4n) is 2.44. The molecule has 0 fully saturated rings. The van der Waals surface area contributed by atoms with Crippen LogP contribution in [0.4, 0.5) is 5.69 Å². The van der Waals surface area contributed by atoms with Gasteiger partial charge in [-0.2, -0.15) is 0 Å². The zero-order chi connectivity index (χ0) is 14.0. The Kier molecular flexibility index (Phi) is 3.91. The van der Waals surface area contributed by atoms with Gasteiger partial charge < -0.3 is 10.0 Å². The van der Waals surface area contributed by atoms with Crippen molar-refractivity contribution in [3.05, 3.63) is 53.1 Å². The standard InChI is InChI=1S/C17H21NO/c1-12-6-5-7-13(2)17(12)15-8-14(11-19)9-16(10-15)18(3)4/h5-10,19H,11H2,1-4H3. The van der Waals surface area contributed by atoms with Gasteiger partial charge in [0.2, 0.25) is 0 Å². The van der Waals surface area contributed by atoms with Gasteiger partial charge in [-0.15, -0.1) is 0 Å². The second kappa shape index (κ2) is 5.45. The number of rotatable bonds is 3. The summed E-state index contributed by atoms with van der Waals surface area (Å²) in [5.74, 6) is 0. The van der Waals surface area contributed by atoms with Crippen LogP contribution in [0.25, 0.3) is 11.1 Å². The van der Waals surface area contributed by atoms with Crippen LogP contribution in [0, 0.1) is 13.8 Å². The highest BCUT2D eigenvalue weighted by Crippen LogP contribution is 2.31. The second-order valence-corrected chi connectivity index (χ2v) is 5.21. The van der Waals surface area contributed by atoms with E-state index in [-0.39, 0.29) is 6.61 Å². The summed E-state index contributed by atoms with van der Waals surface area (Å²) < 4.78 is 0. The molecular formula is C17H21NO. The van der Waals surface area contributed by atoms with Crippen molar-refractivity contribution in [2.24, 2.45) is 0 Å². The van der Waals surface area contributed by atoms with E-state index in [9.17, 15) is 5.11 Å². The van der Waals surface area contributed by atoms with Gasteiger partial charge in [-0.05, 0) is 59.9 Å². The highest BCUT2D eigenvalue weighted by molar-refractivity contribution is 5.74. The Morgan fingerprint density at radius 2 is 1.63 bits per heavy atom. The third-order valence-corrected chi connectivity index (χ3v) is 3.45. The first-order valence-electron chi connectivity index (χ1n) is 6.51. The van der Waals surface area contributed by atoms with Crippen molar-refractivity contribution in [3.63, 3.8) is 0 Å². The molecule has 1 N–H and O–H groups in total. The Morgan fingerprint density at radius 1 is 1.00 bits per heavy atom. The predicted molar refractivity (Wildman–Crippen MR) is 81.6 cm³/mol. The Labute approximate surface area is 115 Å². The van der Waals surface area contributed by atoms with E-state index in [4.69, 9.17) is 0 Å². The fraction of sp³-hybridized carbons (Fsp3) is 0.294. The molecule has 0 saturated carbocycles. The quantitative estimate of drug-likeness (QED) is 0.907. The van der Waals surface area contributed by atoms with Gasteiger partial charge in [0.05, 0.1) is 6.61 Å². The van der Waals surface area contributed by atoms with Crippen molar-refractivity contribution < 1.29 is 5.11 Å². The summed E-state index contributed by atoms with van der Waals surface area (Å²) in [5.41, 5.74) is 7.03. The number of anilines is 1. The van der Waals surface area contributed by atoms with Crippen molar-refractivity contribution in [2.75, 3.05) is 19.0 Å². The first-order chi connectivity index (χ1) is 9.02. The molecular weight excluding hydrogens is 234 g/mol. The third-order valence-electron chi connectivity index (χ3n) is 3.45. The molecule has 0 aliphatic heterocycles. The van der Waals surface area contributed by atoms with Crippen LogP contribution >= 0.6 is 0 Å². The number of nitrogens with zero attached hydrogens (tertiary/aromatic N) is 1. The van der Waals surface area contributed by atoms with Crippen LogP contribution in [0.1, 0.15) is 16.7 Å². The van der Waals surface area contributed by atoms with Crippen LogP contribution in [0.5, 0.6) is 0 Å². The Hall–Kier alpha value is -1.80. The molecule has 19 heavy (non-hydrogen) atoms. The Balaban J connectivity index is 2.64. The van der Waals surface area contributed by atoms with Crippen LogP contribution in [0.15, 0.2) is 36.4 Å². The summed E-state index contributed by atoms with van der Waals surface area (Å²) in [7, 11) is 4.04. The minimum Gasteiger partial charge on any atom is -0.392 e. The maximum Gasteiger partial charge on any atom is 0.0682 e. The number of aryl methyl sites for hydroxylation is 2. The van der Waals surface area contributed by atoms with Crippen molar-refractivity contribution >= 4 is 5.69 Å². The Morgan fingerprint density at radius 3 is 2.16 bits per heavy atom. The molecule has 0 heterocycles. The van der Waals surface area contributed by atoms with Crippen LogP contribution in [-0.2, 0) is 6.61 Å². The average molecular weight is 255 g/mol. The number of hydrogen-bond donors (Lipinski definition) is 1. The second-order valence-electron chi connectivity index (χ2n) is 5.21. The van der Waals surface area contributed by atoms with Gasteiger partial charge in [0.15, 0.2) is 0 Å². The van der Waals surface area contributed by atoms with E-state index in [1.807, 2.05) is 20.2 Å². The molecule has 0 unspecified atom stereocenters. The molecule has 0 radical (unpaired) electrons. The summed E-state index contributed by atoms with van der Waals surface area (Å²) in [6, 6.07) is 12.6. The maximum atomic E-state index is 9.44. The normalized spacial score (nSPS) is 10.6. The summed E-state index contributed by atoms with van der Waals surface area (Å²) >= 11 is 0. The smallest absolute Gasteiger partial charge is 0.0682 e. The summed E-state index contributed by atoms with van der Waals surface area (Å²) in [5, 5.41) is 9.44. The lowest BCUT2D eigenvalue weighted by Crippen LogP contribution is -2.09. The van der Waals surface area contributed by atoms with Crippen LogP contribution in [0.3, 0.4) is 0 Å². The van der Waals surface area contributed by atoms with Gasteiger partial charge in [0.1, 0.15) is 0 Å². The lowest BCUT2D eigenvalue weighted by Gasteiger charge is -2.17. The van der Waals surface area contributed by atoms with Gasteiger partial charge in [0, 0.05) is 19.8 Å². The summed E-state index contributed by atoms with van der Waals surface area (Å²) in [4.78, 5) is 2.07. The molecule has 0 aliphatic rings. The molecule has 100 valence electrons. The van der Waals surface area contributed by atoms with Gasteiger partial charge in [0.25, 0.3) is 0 Å². The highest BCUT2D eigenvalue weighted by atomic mass is 16.3. The Bertz CT molecular complexity index is 568. The summed E-state index contributed by atoms with van der Waals surface area (Å²) in [6.45, 7) is 4.33. The average Bonchev–Trinajstić information content (AvgIpc) is 2.38. The predicted octanol–water partition coefficient (Wildman–Crippen LogP) is 3.53. The number of aliphatic hydroxyl groups excluding tert-OH is 1. The first kappa shape index (κ1) is 13.6. The lowest BCUT2D eigenvalue weighted by molar-refractivity contribution is 0.282. The lowest BCUT2D eigenvalue weighted by atomic mass is 9.94. The van der Waals surface area contributed by atoms with E-state index in [1.165, 1.54) is 22.3 Å². The maximum absolute atomic E-state index is 9.44. The molecule has 2 rings (SSSR count). The fourth-order valence-corrected chi connectivity index (χ4v) is 2.44. The molecule has 0 amide bonds. The third kappa shape index (κ3) is 2.79. The molecule has 0 aromatic heterocycles.